The van der Waals surface area contributed by atoms with E-state index in [2.05, 4.69) is 26.1 Å². The van der Waals surface area contributed by atoms with Crippen LogP contribution in [0.25, 0.3) is 0 Å². The van der Waals surface area contributed by atoms with Gasteiger partial charge < -0.3 is 5.32 Å². The maximum atomic E-state index is 10.9. The minimum Gasteiger partial charge on any atom is -0.307 e. The molecule has 1 aliphatic carbocycles. The van der Waals surface area contributed by atoms with Crippen LogP contribution in [-0.4, -0.2) is 11.0 Å². The van der Waals surface area contributed by atoms with Crippen molar-refractivity contribution >= 4 is 5.69 Å². The molecule has 1 N–H and O–H groups in total. The van der Waals surface area contributed by atoms with Crippen LogP contribution in [0, 0.1) is 22.0 Å². The van der Waals surface area contributed by atoms with Gasteiger partial charge in [-0.3, -0.25) is 10.1 Å². The Morgan fingerprint density at radius 2 is 2.14 bits per heavy atom. The van der Waals surface area contributed by atoms with E-state index in [1.165, 1.54) is 19.3 Å². The summed E-state index contributed by atoms with van der Waals surface area (Å²) in [6, 6.07) is 7.77. The molecule has 0 radical (unpaired) electrons. The largest absolute Gasteiger partial charge is 0.307 e. The molecule has 1 saturated carbocycles. The van der Waals surface area contributed by atoms with E-state index >= 15 is 0 Å². The van der Waals surface area contributed by atoms with Gasteiger partial charge in [0.15, 0.2) is 0 Å². The molecule has 2 rings (SSSR count). The second kappa shape index (κ2) is 7.03. The molecule has 0 saturated heterocycles. The molecule has 0 amide bonds. The highest BCUT2D eigenvalue weighted by Gasteiger charge is 2.32. The van der Waals surface area contributed by atoms with Crippen molar-refractivity contribution < 1.29 is 4.92 Å². The summed E-state index contributed by atoms with van der Waals surface area (Å²) in [7, 11) is 0. The monoisotopic (exact) mass is 290 g/mol. The molecule has 0 bridgehead atoms. The lowest BCUT2D eigenvalue weighted by Gasteiger charge is -2.26. The van der Waals surface area contributed by atoms with Crippen molar-refractivity contribution in [1.29, 1.82) is 0 Å². The fourth-order valence-corrected chi connectivity index (χ4v) is 3.62. The average Bonchev–Trinajstić information content (AvgIpc) is 2.85. The number of hydrogen-bond donors (Lipinski definition) is 1. The Morgan fingerprint density at radius 3 is 2.71 bits per heavy atom. The van der Waals surface area contributed by atoms with Gasteiger partial charge in [0.1, 0.15) is 0 Å². The first-order chi connectivity index (χ1) is 10.1. The Kier molecular flexibility index (Phi) is 5.34. The highest BCUT2D eigenvalue weighted by atomic mass is 16.6. The zero-order valence-corrected chi connectivity index (χ0v) is 13.2. The number of hydrogen-bond acceptors (Lipinski definition) is 3. The van der Waals surface area contributed by atoms with Crippen LogP contribution in [0.1, 0.15) is 58.1 Å². The number of non-ortho nitro benzene ring substituents is 1. The normalized spacial score (nSPS) is 26.7. The molecule has 0 heterocycles. The predicted octanol–water partition coefficient (Wildman–Crippen LogP) is 4.46. The summed E-state index contributed by atoms with van der Waals surface area (Å²) in [5, 5.41) is 14.7. The smallest absolute Gasteiger partial charge is 0.269 e. The van der Waals surface area contributed by atoms with Gasteiger partial charge in [0, 0.05) is 24.2 Å². The maximum Gasteiger partial charge on any atom is 0.269 e. The molecule has 4 nitrogen and oxygen atoms in total. The summed E-state index contributed by atoms with van der Waals surface area (Å²) in [5.74, 6) is 1.49. The number of nitrogens with zero attached hydrogens (tertiary/aromatic N) is 1. The van der Waals surface area contributed by atoms with Gasteiger partial charge >= 0.3 is 0 Å². The molecule has 21 heavy (non-hydrogen) atoms. The van der Waals surface area contributed by atoms with Gasteiger partial charge in [-0.2, -0.15) is 0 Å². The maximum absolute atomic E-state index is 10.9. The summed E-state index contributed by atoms with van der Waals surface area (Å²) >= 11 is 0. The van der Waals surface area contributed by atoms with Crippen molar-refractivity contribution in [2.24, 2.45) is 11.8 Å². The SMILES string of the molecule is CCC(NC1CCC(CC)C1C)c1cccc([N+](=O)[O-])c1. The first-order valence-corrected chi connectivity index (χ1v) is 8.07. The van der Waals surface area contributed by atoms with Crippen molar-refractivity contribution in [3.63, 3.8) is 0 Å². The van der Waals surface area contributed by atoms with Crippen LogP contribution in [0.15, 0.2) is 24.3 Å². The van der Waals surface area contributed by atoms with E-state index in [9.17, 15) is 10.1 Å². The van der Waals surface area contributed by atoms with Gasteiger partial charge in [-0.05, 0) is 36.7 Å². The number of nitrogens with one attached hydrogen (secondary N) is 1. The van der Waals surface area contributed by atoms with Gasteiger partial charge in [-0.25, -0.2) is 0 Å². The molecular weight excluding hydrogens is 264 g/mol. The molecular formula is C17H26N2O2. The van der Waals surface area contributed by atoms with Crippen molar-refractivity contribution in [3.8, 4) is 0 Å². The van der Waals surface area contributed by atoms with E-state index in [1.807, 2.05) is 6.07 Å². The second-order valence-corrected chi connectivity index (χ2v) is 6.19. The Hall–Kier alpha value is -1.42. The third-order valence-electron chi connectivity index (χ3n) is 5.06. The van der Waals surface area contributed by atoms with Crippen molar-refractivity contribution in [2.75, 3.05) is 0 Å². The van der Waals surface area contributed by atoms with E-state index in [1.54, 1.807) is 18.2 Å². The molecule has 4 atom stereocenters. The number of nitro benzene ring substituents is 1. The number of benzene rings is 1. The van der Waals surface area contributed by atoms with Crippen LogP contribution in [0.3, 0.4) is 0 Å². The highest BCUT2D eigenvalue weighted by Crippen LogP contribution is 2.35. The minimum atomic E-state index is -0.318. The first-order valence-electron chi connectivity index (χ1n) is 8.07. The third kappa shape index (κ3) is 3.62. The molecule has 4 heteroatoms. The van der Waals surface area contributed by atoms with Crippen molar-refractivity contribution in [3.05, 3.63) is 39.9 Å². The Balaban J connectivity index is 2.10. The summed E-state index contributed by atoms with van der Waals surface area (Å²) in [6.07, 6.45) is 4.69. The molecule has 1 fully saturated rings. The third-order valence-corrected chi connectivity index (χ3v) is 5.06. The van der Waals surface area contributed by atoms with Crippen LogP contribution in [0.5, 0.6) is 0 Å². The molecule has 0 aliphatic heterocycles. The van der Waals surface area contributed by atoms with E-state index in [0.29, 0.717) is 12.0 Å². The quantitative estimate of drug-likeness (QED) is 0.621. The van der Waals surface area contributed by atoms with Gasteiger partial charge in [0.05, 0.1) is 4.92 Å². The Morgan fingerprint density at radius 1 is 1.38 bits per heavy atom. The van der Waals surface area contributed by atoms with Gasteiger partial charge in [-0.1, -0.05) is 39.3 Å². The van der Waals surface area contributed by atoms with Crippen LogP contribution in [0.2, 0.25) is 0 Å². The molecule has 0 aromatic heterocycles. The summed E-state index contributed by atoms with van der Waals surface area (Å²) in [4.78, 5) is 10.6. The van der Waals surface area contributed by atoms with Gasteiger partial charge in [-0.15, -0.1) is 0 Å². The predicted molar refractivity (Wildman–Crippen MR) is 85.2 cm³/mol. The fraction of sp³-hybridized carbons (Fsp3) is 0.647. The summed E-state index contributed by atoms with van der Waals surface area (Å²) in [6.45, 7) is 6.73. The van der Waals surface area contributed by atoms with E-state index in [4.69, 9.17) is 0 Å². The summed E-state index contributed by atoms with van der Waals surface area (Å²) in [5.41, 5.74) is 1.21. The highest BCUT2D eigenvalue weighted by molar-refractivity contribution is 5.35. The standard InChI is InChI=1S/C17H26N2O2/c1-4-13-9-10-17(12(13)3)18-16(5-2)14-7-6-8-15(11-14)19(20)21/h6-8,11-13,16-18H,4-5,9-10H2,1-3H3. The number of nitro groups is 1. The molecule has 1 aliphatic rings. The van der Waals surface area contributed by atoms with E-state index in [-0.39, 0.29) is 16.7 Å². The van der Waals surface area contributed by atoms with Crippen molar-refractivity contribution in [1.82, 2.24) is 5.32 Å². The Bertz CT molecular complexity index is 489. The second-order valence-electron chi connectivity index (χ2n) is 6.19. The van der Waals surface area contributed by atoms with Crippen LogP contribution in [0.4, 0.5) is 5.69 Å². The van der Waals surface area contributed by atoms with Crippen LogP contribution in [-0.2, 0) is 0 Å². The van der Waals surface area contributed by atoms with Crippen LogP contribution < -0.4 is 5.32 Å². The minimum absolute atomic E-state index is 0.179. The van der Waals surface area contributed by atoms with E-state index < -0.39 is 0 Å². The number of rotatable bonds is 6. The topological polar surface area (TPSA) is 55.2 Å². The average molecular weight is 290 g/mol. The molecule has 1 aromatic rings. The zero-order chi connectivity index (χ0) is 15.4. The fourth-order valence-electron chi connectivity index (χ4n) is 3.62. The zero-order valence-electron chi connectivity index (χ0n) is 13.2. The lowest BCUT2D eigenvalue weighted by atomic mass is 9.92. The van der Waals surface area contributed by atoms with E-state index in [0.717, 1.165) is 17.9 Å². The van der Waals surface area contributed by atoms with Crippen LogP contribution >= 0.6 is 0 Å². The lowest BCUT2D eigenvalue weighted by Crippen LogP contribution is -2.35. The molecule has 1 aromatic carbocycles. The Labute approximate surface area is 127 Å². The summed E-state index contributed by atoms with van der Waals surface area (Å²) < 4.78 is 0. The van der Waals surface area contributed by atoms with Crippen molar-refractivity contribution in [2.45, 2.75) is 58.5 Å². The van der Waals surface area contributed by atoms with Gasteiger partial charge in [0.25, 0.3) is 5.69 Å². The molecule has 0 spiro atoms. The molecule has 4 unspecified atom stereocenters. The molecule has 116 valence electrons. The lowest BCUT2D eigenvalue weighted by molar-refractivity contribution is -0.384. The first kappa shape index (κ1) is 16.0. The van der Waals surface area contributed by atoms with Gasteiger partial charge in [0.2, 0.25) is 0 Å².